The van der Waals surface area contributed by atoms with Crippen LogP contribution in [-0.4, -0.2) is 20.7 Å². The predicted octanol–water partition coefficient (Wildman–Crippen LogP) is 3.54. The van der Waals surface area contributed by atoms with Crippen molar-refractivity contribution < 1.29 is 15.0 Å². The van der Waals surface area contributed by atoms with Gasteiger partial charge in [-0.3, -0.25) is 0 Å². The lowest BCUT2D eigenvalue weighted by atomic mass is 9.84. The van der Waals surface area contributed by atoms with E-state index in [9.17, 15) is 15.0 Å². The van der Waals surface area contributed by atoms with Gasteiger partial charge in [0.05, 0.1) is 17.2 Å². The van der Waals surface area contributed by atoms with Gasteiger partial charge in [-0.1, -0.05) is 20.8 Å². The second-order valence-corrected chi connectivity index (χ2v) is 6.71. The van der Waals surface area contributed by atoms with Gasteiger partial charge >= 0.3 is 5.97 Å². The largest absolute Gasteiger partial charge is 0.478 e. The van der Waals surface area contributed by atoms with Crippen molar-refractivity contribution in [2.24, 2.45) is 7.05 Å². The molecule has 1 atom stereocenters. The quantitative estimate of drug-likeness (QED) is 0.889. The second-order valence-electron chi connectivity index (χ2n) is 6.71. The number of aromatic carboxylic acids is 1. The van der Waals surface area contributed by atoms with E-state index in [1.165, 1.54) is 0 Å². The van der Waals surface area contributed by atoms with Crippen molar-refractivity contribution >= 4 is 16.9 Å². The molecule has 114 valence electrons. The molecule has 0 saturated heterocycles. The number of rotatable bonds is 2. The molecular weight excluding hydrogens is 266 g/mol. The van der Waals surface area contributed by atoms with Crippen molar-refractivity contribution in [2.45, 2.75) is 46.1 Å². The topological polar surface area (TPSA) is 62.5 Å². The Kier molecular flexibility index (Phi) is 3.62. The van der Waals surface area contributed by atoms with E-state index >= 15 is 0 Å². The molecule has 4 heteroatoms. The monoisotopic (exact) mass is 289 g/mol. The van der Waals surface area contributed by atoms with Crippen LogP contribution in [0.5, 0.6) is 0 Å². The summed E-state index contributed by atoms with van der Waals surface area (Å²) in [4.78, 5) is 11.7. The fraction of sp³-hybridized carbons (Fsp3) is 0.471. The SMILES string of the molecule is Cc1c(C(C)O)c2cc(C(C)(C)C)cc(C(=O)O)c2n1C. The first kappa shape index (κ1) is 15.6. The van der Waals surface area contributed by atoms with Crippen LogP contribution in [-0.2, 0) is 12.5 Å². The van der Waals surface area contributed by atoms with Crippen LogP contribution in [0.25, 0.3) is 10.9 Å². The zero-order chi connectivity index (χ0) is 16.1. The predicted molar refractivity (Wildman–Crippen MR) is 83.9 cm³/mol. The number of hydrogen-bond acceptors (Lipinski definition) is 2. The van der Waals surface area contributed by atoms with Gasteiger partial charge in [-0.2, -0.15) is 0 Å². The number of benzene rings is 1. The highest BCUT2D eigenvalue weighted by molar-refractivity contribution is 6.04. The number of carboxylic acids is 1. The molecule has 1 unspecified atom stereocenters. The Balaban J connectivity index is 3.00. The summed E-state index contributed by atoms with van der Waals surface area (Å²) in [5.74, 6) is -0.941. The molecule has 4 nitrogen and oxygen atoms in total. The van der Waals surface area contributed by atoms with Crippen LogP contribution in [0.2, 0.25) is 0 Å². The van der Waals surface area contributed by atoms with Gasteiger partial charge in [0.2, 0.25) is 0 Å². The Bertz CT molecular complexity index is 718. The molecule has 0 radical (unpaired) electrons. The van der Waals surface area contributed by atoms with Crippen LogP contribution in [0.4, 0.5) is 0 Å². The summed E-state index contributed by atoms with van der Waals surface area (Å²) in [6, 6.07) is 3.76. The number of aromatic nitrogens is 1. The van der Waals surface area contributed by atoms with Gasteiger partial charge in [-0.05, 0) is 37.0 Å². The zero-order valence-electron chi connectivity index (χ0n) is 13.5. The molecule has 1 aromatic heterocycles. The molecule has 0 bridgehead atoms. The average Bonchev–Trinajstić information content (AvgIpc) is 2.59. The van der Waals surface area contributed by atoms with Gasteiger partial charge in [0.15, 0.2) is 0 Å². The Morgan fingerprint density at radius 2 is 1.86 bits per heavy atom. The molecule has 1 heterocycles. The van der Waals surface area contributed by atoms with Crippen LogP contribution in [0.15, 0.2) is 12.1 Å². The van der Waals surface area contributed by atoms with E-state index in [1.54, 1.807) is 13.0 Å². The molecule has 2 N–H and O–H groups in total. The number of aliphatic hydroxyl groups excluding tert-OH is 1. The molecule has 0 fully saturated rings. The van der Waals surface area contributed by atoms with Gasteiger partial charge < -0.3 is 14.8 Å². The van der Waals surface area contributed by atoms with Crippen molar-refractivity contribution in [1.29, 1.82) is 0 Å². The van der Waals surface area contributed by atoms with Crippen molar-refractivity contribution in [3.8, 4) is 0 Å². The highest BCUT2D eigenvalue weighted by Crippen LogP contribution is 2.36. The van der Waals surface area contributed by atoms with Crippen LogP contribution in [0.3, 0.4) is 0 Å². The van der Waals surface area contributed by atoms with E-state index < -0.39 is 12.1 Å². The summed E-state index contributed by atoms with van der Waals surface area (Å²) in [5.41, 5.74) is 3.46. The Morgan fingerprint density at radius 1 is 1.29 bits per heavy atom. The van der Waals surface area contributed by atoms with Crippen LogP contribution >= 0.6 is 0 Å². The third-order valence-electron chi connectivity index (χ3n) is 4.14. The maximum atomic E-state index is 11.7. The van der Waals surface area contributed by atoms with Crippen molar-refractivity contribution in [2.75, 3.05) is 0 Å². The summed E-state index contributed by atoms with van der Waals surface area (Å²) >= 11 is 0. The van der Waals surface area contributed by atoms with Crippen LogP contribution in [0, 0.1) is 6.92 Å². The second kappa shape index (κ2) is 4.88. The van der Waals surface area contributed by atoms with Gasteiger partial charge in [-0.15, -0.1) is 0 Å². The summed E-state index contributed by atoms with van der Waals surface area (Å²) in [5, 5.41) is 20.5. The minimum absolute atomic E-state index is 0.155. The van der Waals surface area contributed by atoms with E-state index in [0.717, 1.165) is 22.2 Å². The van der Waals surface area contributed by atoms with Crippen LogP contribution in [0.1, 0.15) is 61.0 Å². The van der Waals surface area contributed by atoms with Crippen molar-refractivity contribution in [1.82, 2.24) is 4.57 Å². The molecule has 0 saturated carbocycles. The third-order valence-corrected chi connectivity index (χ3v) is 4.14. The molecule has 1 aromatic carbocycles. The zero-order valence-corrected chi connectivity index (χ0v) is 13.5. The van der Waals surface area contributed by atoms with Crippen molar-refractivity contribution in [3.05, 3.63) is 34.5 Å². The molecule has 2 aromatic rings. The fourth-order valence-electron chi connectivity index (χ4n) is 2.87. The first-order valence-electron chi connectivity index (χ1n) is 7.10. The molecule has 0 aliphatic heterocycles. The number of fused-ring (bicyclic) bond motifs is 1. The summed E-state index contributed by atoms with van der Waals surface area (Å²) < 4.78 is 1.85. The maximum Gasteiger partial charge on any atom is 0.337 e. The maximum absolute atomic E-state index is 11.7. The molecule has 21 heavy (non-hydrogen) atoms. The number of aliphatic hydroxyl groups is 1. The average molecular weight is 289 g/mol. The van der Waals surface area contributed by atoms with Gasteiger partial charge in [0.1, 0.15) is 0 Å². The van der Waals surface area contributed by atoms with Crippen LogP contribution < -0.4 is 0 Å². The highest BCUT2D eigenvalue weighted by Gasteiger charge is 2.24. The Morgan fingerprint density at radius 3 is 2.29 bits per heavy atom. The number of aryl methyl sites for hydroxylation is 1. The standard InChI is InChI=1S/C17H23NO3/c1-9-14(10(2)19)12-7-11(17(3,4)5)8-13(16(20)21)15(12)18(9)6/h7-8,10,19H,1-6H3,(H,20,21). The third kappa shape index (κ3) is 2.44. The normalized spacial score (nSPS) is 13.7. The first-order chi connectivity index (χ1) is 9.55. The lowest BCUT2D eigenvalue weighted by molar-refractivity contribution is 0.0698. The van der Waals surface area contributed by atoms with Gasteiger partial charge in [0.25, 0.3) is 0 Å². The molecular formula is C17H23NO3. The Labute approximate surface area is 125 Å². The lowest BCUT2D eigenvalue weighted by Gasteiger charge is -2.20. The summed E-state index contributed by atoms with van der Waals surface area (Å²) in [6.07, 6.45) is -0.634. The van der Waals surface area contributed by atoms with Gasteiger partial charge in [0, 0.05) is 23.7 Å². The van der Waals surface area contributed by atoms with E-state index in [0.29, 0.717) is 5.52 Å². The molecule has 0 aliphatic carbocycles. The van der Waals surface area contributed by atoms with E-state index in [-0.39, 0.29) is 11.0 Å². The molecule has 0 amide bonds. The van der Waals surface area contributed by atoms with Crippen molar-refractivity contribution in [3.63, 3.8) is 0 Å². The lowest BCUT2D eigenvalue weighted by Crippen LogP contribution is -2.13. The van der Waals surface area contributed by atoms with E-state index in [4.69, 9.17) is 0 Å². The molecule has 2 rings (SSSR count). The molecule has 0 spiro atoms. The first-order valence-corrected chi connectivity index (χ1v) is 7.10. The number of hydrogen-bond donors (Lipinski definition) is 2. The summed E-state index contributed by atoms with van der Waals surface area (Å²) in [6.45, 7) is 9.78. The van der Waals surface area contributed by atoms with E-state index in [2.05, 4.69) is 20.8 Å². The summed E-state index contributed by atoms with van der Waals surface area (Å²) in [7, 11) is 1.84. The minimum atomic E-state index is -0.941. The number of carboxylic acid groups (broad SMARTS) is 1. The highest BCUT2D eigenvalue weighted by atomic mass is 16.4. The Hall–Kier alpha value is -1.81. The number of carbonyl (C=O) groups is 1. The van der Waals surface area contributed by atoms with E-state index in [1.807, 2.05) is 24.6 Å². The minimum Gasteiger partial charge on any atom is -0.478 e. The molecule has 0 aliphatic rings. The fourth-order valence-corrected chi connectivity index (χ4v) is 2.87. The number of nitrogens with zero attached hydrogens (tertiary/aromatic N) is 1. The van der Waals surface area contributed by atoms with Gasteiger partial charge in [-0.25, -0.2) is 4.79 Å². The smallest absolute Gasteiger partial charge is 0.337 e.